The number of rotatable bonds is 5. The van der Waals surface area contributed by atoms with E-state index in [1.165, 1.54) is 0 Å². The monoisotopic (exact) mass is 385 g/mol. The lowest BCUT2D eigenvalue weighted by atomic mass is 10.1. The molecular formula is C24H19NO4. The van der Waals surface area contributed by atoms with Gasteiger partial charge < -0.3 is 9.47 Å². The highest BCUT2D eigenvalue weighted by molar-refractivity contribution is 6.13. The number of carbonyl (C=O) groups excluding carboxylic acids is 2. The summed E-state index contributed by atoms with van der Waals surface area (Å²) in [5, 5.41) is 2.15. The van der Waals surface area contributed by atoms with Crippen LogP contribution in [0.1, 0.15) is 30.9 Å². The van der Waals surface area contributed by atoms with Gasteiger partial charge in [-0.05, 0) is 53.1 Å². The van der Waals surface area contributed by atoms with Gasteiger partial charge >= 0.3 is 11.9 Å². The molecule has 0 spiro atoms. The van der Waals surface area contributed by atoms with E-state index in [2.05, 4.69) is 4.99 Å². The number of ether oxygens (including phenoxy) is 2. The van der Waals surface area contributed by atoms with E-state index in [1.807, 2.05) is 49.4 Å². The zero-order valence-corrected chi connectivity index (χ0v) is 15.9. The second-order valence-electron chi connectivity index (χ2n) is 6.69. The molecule has 0 aliphatic carbocycles. The van der Waals surface area contributed by atoms with Crippen molar-refractivity contribution < 1.29 is 19.1 Å². The van der Waals surface area contributed by atoms with Gasteiger partial charge in [0.2, 0.25) is 5.90 Å². The number of fused-ring (bicyclic) bond motifs is 1. The molecule has 0 atom stereocenters. The van der Waals surface area contributed by atoms with Crippen molar-refractivity contribution in [1.29, 1.82) is 0 Å². The first-order valence-corrected chi connectivity index (χ1v) is 9.45. The van der Waals surface area contributed by atoms with E-state index in [0.29, 0.717) is 17.7 Å². The van der Waals surface area contributed by atoms with Crippen molar-refractivity contribution in [3.05, 3.63) is 83.6 Å². The number of hydrogen-bond acceptors (Lipinski definition) is 5. The Kier molecular flexibility index (Phi) is 5.20. The Labute approximate surface area is 168 Å². The van der Waals surface area contributed by atoms with Crippen LogP contribution in [0.25, 0.3) is 16.8 Å². The van der Waals surface area contributed by atoms with Crippen LogP contribution in [0.4, 0.5) is 0 Å². The molecule has 0 N–H and O–H groups in total. The second-order valence-corrected chi connectivity index (χ2v) is 6.69. The molecule has 0 unspecified atom stereocenters. The summed E-state index contributed by atoms with van der Waals surface area (Å²) in [6, 6.07) is 20.7. The van der Waals surface area contributed by atoms with Crippen molar-refractivity contribution in [2.45, 2.75) is 19.8 Å². The van der Waals surface area contributed by atoms with Gasteiger partial charge in [0.1, 0.15) is 5.75 Å². The van der Waals surface area contributed by atoms with Crippen LogP contribution < -0.4 is 4.74 Å². The molecule has 3 aromatic carbocycles. The Bertz CT molecular complexity index is 1160. The van der Waals surface area contributed by atoms with E-state index in [4.69, 9.17) is 9.47 Å². The molecule has 1 aliphatic rings. The normalized spacial score (nSPS) is 14.7. The van der Waals surface area contributed by atoms with Crippen molar-refractivity contribution in [3.63, 3.8) is 0 Å². The van der Waals surface area contributed by atoms with Gasteiger partial charge in [-0.1, -0.05) is 49.4 Å². The second kappa shape index (κ2) is 8.10. The van der Waals surface area contributed by atoms with Crippen molar-refractivity contribution in [2.24, 2.45) is 4.99 Å². The number of benzene rings is 3. The largest absolute Gasteiger partial charge is 0.427 e. The van der Waals surface area contributed by atoms with E-state index in [-0.39, 0.29) is 17.6 Å². The van der Waals surface area contributed by atoms with E-state index >= 15 is 0 Å². The fourth-order valence-corrected chi connectivity index (χ4v) is 3.07. The third-order valence-electron chi connectivity index (χ3n) is 4.46. The maximum absolute atomic E-state index is 12.3. The van der Waals surface area contributed by atoms with Gasteiger partial charge in [-0.15, -0.1) is 0 Å². The minimum Gasteiger partial charge on any atom is -0.427 e. The maximum atomic E-state index is 12.3. The molecule has 144 valence electrons. The highest BCUT2D eigenvalue weighted by Gasteiger charge is 2.24. The summed E-state index contributed by atoms with van der Waals surface area (Å²) in [5.74, 6) is -0.0869. The van der Waals surface area contributed by atoms with E-state index < -0.39 is 5.97 Å². The van der Waals surface area contributed by atoms with Gasteiger partial charge in [-0.3, -0.25) is 4.79 Å². The summed E-state index contributed by atoms with van der Waals surface area (Å²) in [6.45, 7) is 1.92. The minimum absolute atomic E-state index is 0.199. The fourth-order valence-electron chi connectivity index (χ4n) is 3.07. The van der Waals surface area contributed by atoms with Crippen LogP contribution in [0.2, 0.25) is 0 Å². The molecule has 1 heterocycles. The molecule has 0 bridgehead atoms. The molecule has 5 heteroatoms. The van der Waals surface area contributed by atoms with Crippen LogP contribution >= 0.6 is 0 Å². The summed E-state index contributed by atoms with van der Waals surface area (Å²) in [5.41, 5.74) is 1.63. The van der Waals surface area contributed by atoms with Crippen molar-refractivity contribution in [1.82, 2.24) is 0 Å². The SMILES string of the molecule is CCCC(=O)Oc1cccc(/C=C2\N=C(c3ccc4ccccc4c3)OC2=O)c1. The number of hydrogen-bond donors (Lipinski definition) is 0. The molecule has 29 heavy (non-hydrogen) atoms. The van der Waals surface area contributed by atoms with Gasteiger partial charge in [0.15, 0.2) is 5.70 Å². The Balaban J connectivity index is 1.60. The molecule has 5 nitrogen and oxygen atoms in total. The summed E-state index contributed by atoms with van der Waals surface area (Å²) >= 11 is 0. The standard InChI is InChI=1S/C24H19NO4/c1-2-6-22(26)28-20-10-5-7-16(13-20)14-21-24(27)29-23(25-21)19-12-11-17-8-3-4-9-18(17)15-19/h3-5,7-15H,2,6H2,1H3/b21-14-. The molecule has 0 fully saturated rings. The number of nitrogens with zero attached hydrogens (tertiary/aromatic N) is 1. The first-order valence-electron chi connectivity index (χ1n) is 9.45. The molecule has 4 rings (SSSR count). The highest BCUT2D eigenvalue weighted by atomic mass is 16.6. The smallest absolute Gasteiger partial charge is 0.363 e. The zero-order chi connectivity index (χ0) is 20.2. The van der Waals surface area contributed by atoms with Gasteiger partial charge in [-0.2, -0.15) is 0 Å². The van der Waals surface area contributed by atoms with Crippen LogP contribution in [-0.4, -0.2) is 17.8 Å². The lowest BCUT2D eigenvalue weighted by Gasteiger charge is -2.04. The van der Waals surface area contributed by atoms with Crippen LogP contribution in [0.15, 0.2) is 77.4 Å². The molecule has 0 saturated carbocycles. The van der Waals surface area contributed by atoms with Gasteiger partial charge in [0.25, 0.3) is 0 Å². The molecule has 1 aliphatic heterocycles. The van der Waals surface area contributed by atoms with E-state index in [0.717, 1.165) is 22.8 Å². The Morgan fingerprint density at radius 3 is 2.69 bits per heavy atom. The Morgan fingerprint density at radius 2 is 1.86 bits per heavy atom. The van der Waals surface area contributed by atoms with Crippen molar-refractivity contribution in [2.75, 3.05) is 0 Å². The van der Waals surface area contributed by atoms with E-state index in [9.17, 15) is 9.59 Å². The third kappa shape index (κ3) is 4.24. The lowest BCUT2D eigenvalue weighted by Crippen LogP contribution is -2.06. The molecule has 0 aromatic heterocycles. The summed E-state index contributed by atoms with van der Waals surface area (Å²) < 4.78 is 10.7. The molecular weight excluding hydrogens is 366 g/mol. The predicted octanol–water partition coefficient (Wildman–Crippen LogP) is 4.89. The van der Waals surface area contributed by atoms with Crippen LogP contribution in [0, 0.1) is 0 Å². The highest BCUT2D eigenvalue weighted by Crippen LogP contribution is 2.23. The van der Waals surface area contributed by atoms with Crippen molar-refractivity contribution >= 4 is 34.7 Å². The summed E-state index contributed by atoms with van der Waals surface area (Å²) in [6.07, 6.45) is 2.70. The topological polar surface area (TPSA) is 65.0 Å². The lowest BCUT2D eigenvalue weighted by molar-refractivity contribution is -0.134. The first-order chi connectivity index (χ1) is 14.1. The average Bonchev–Trinajstić information content (AvgIpc) is 3.08. The summed E-state index contributed by atoms with van der Waals surface area (Å²) in [4.78, 5) is 28.3. The number of cyclic esters (lactones) is 1. The summed E-state index contributed by atoms with van der Waals surface area (Å²) in [7, 11) is 0. The molecule has 0 amide bonds. The number of esters is 2. The van der Waals surface area contributed by atoms with Gasteiger partial charge in [0, 0.05) is 12.0 Å². The average molecular weight is 385 g/mol. The first kappa shape index (κ1) is 18.6. The minimum atomic E-state index is -0.512. The molecule has 3 aromatic rings. The maximum Gasteiger partial charge on any atom is 0.363 e. The quantitative estimate of drug-likeness (QED) is 0.356. The molecule has 0 saturated heterocycles. The fraction of sp³-hybridized carbons (Fsp3) is 0.125. The Hall–Kier alpha value is -3.73. The van der Waals surface area contributed by atoms with E-state index in [1.54, 1.807) is 30.3 Å². The van der Waals surface area contributed by atoms with Gasteiger partial charge in [0.05, 0.1) is 0 Å². The number of aliphatic imine (C=N–C) groups is 1. The predicted molar refractivity (Wildman–Crippen MR) is 112 cm³/mol. The number of carbonyl (C=O) groups is 2. The molecule has 0 radical (unpaired) electrons. The van der Waals surface area contributed by atoms with Crippen LogP contribution in [0.3, 0.4) is 0 Å². The van der Waals surface area contributed by atoms with Crippen molar-refractivity contribution in [3.8, 4) is 5.75 Å². The zero-order valence-electron chi connectivity index (χ0n) is 15.9. The third-order valence-corrected chi connectivity index (χ3v) is 4.46. The Morgan fingerprint density at radius 1 is 1.03 bits per heavy atom. The van der Waals surface area contributed by atoms with Crippen LogP contribution in [0.5, 0.6) is 5.75 Å². The van der Waals surface area contributed by atoms with Gasteiger partial charge in [-0.25, -0.2) is 9.79 Å². The van der Waals surface area contributed by atoms with Crippen LogP contribution in [-0.2, 0) is 14.3 Å².